The zero-order valence-corrected chi connectivity index (χ0v) is 9.99. The second-order valence-electron chi connectivity index (χ2n) is 3.39. The predicted octanol–water partition coefficient (Wildman–Crippen LogP) is 3.03. The zero-order valence-electron chi connectivity index (χ0n) is 9.17. The first-order chi connectivity index (χ1) is 9.20. The third kappa shape index (κ3) is 2.47. The van der Waals surface area contributed by atoms with Crippen molar-refractivity contribution in [3.05, 3.63) is 33.7 Å². The topological polar surface area (TPSA) is 106 Å². The summed E-state index contributed by atoms with van der Waals surface area (Å²) in [6.07, 6.45) is -5.00. The molecule has 0 aliphatic heterocycles. The first kappa shape index (κ1) is 14.0. The lowest BCUT2D eigenvalue weighted by Crippen LogP contribution is -2.11. The minimum absolute atomic E-state index is 0.0744. The Morgan fingerprint density at radius 2 is 2.10 bits per heavy atom. The van der Waals surface area contributed by atoms with Gasteiger partial charge in [0.25, 0.3) is 0 Å². The van der Waals surface area contributed by atoms with E-state index in [0.29, 0.717) is 11.3 Å². The Hall–Kier alpha value is -2.43. The minimum atomic E-state index is -5.00. The molecule has 1 N–H and O–H groups in total. The Bertz CT molecular complexity index is 690. The van der Waals surface area contributed by atoms with E-state index >= 15 is 0 Å². The summed E-state index contributed by atoms with van der Waals surface area (Å²) in [6.45, 7) is 0. The van der Waals surface area contributed by atoms with E-state index in [1.165, 1.54) is 0 Å². The molecule has 0 unspecified atom stereocenters. The van der Waals surface area contributed by atoms with Crippen LogP contribution >= 0.6 is 11.3 Å². The molecule has 2 aromatic rings. The molecule has 0 aliphatic rings. The molecular weight excluding hydrogens is 305 g/mol. The van der Waals surface area contributed by atoms with Gasteiger partial charge in [0.1, 0.15) is 0 Å². The van der Waals surface area contributed by atoms with Crippen LogP contribution in [0.4, 0.5) is 18.2 Å². The second kappa shape index (κ2) is 4.59. The summed E-state index contributed by atoms with van der Waals surface area (Å²) in [5.41, 5.74) is -1.68. The fourth-order valence-corrected chi connectivity index (χ4v) is 2.05. The number of carboxylic acid groups (broad SMARTS) is 1. The van der Waals surface area contributed by atoms with Gasteiger partial charge in [0.05, 0.1) is 9.80 Å². The summed E-state index contributed by atoms with van der Waals surface area (Å²) < 4.78 is 42.3. The number of oxazole rings is 1. The predicted molar refractivity (Wildman–Crippen MR) is 58.4 cm³/mol. The normalized spacial score (nSPS) is 11.6. The highest BCUT2D eigenvalue weighted by Crippen LogP contribution is 2.37. The van der Waals surface area contributed by atoms with Crippen molar-refractivity contribution in [2.45, 2.75) is 6.18 Å². The van der Waals surface area contributed by atoms with Crippen LogP contribution < -0.4 is 0 Å². The Labute approximate surface area is 111 Å². The molecule has 0 aromatic carbocycles. The maximum atomic E-state index is 12.6. The van der Waals surface area contributed by atoms with Gasteiger partial charge in [-0.15, -0.1) is 0 Å². The molecule has 0 aliphatic carbocycles. The number of hydrogen-bond donors (Lipinski definition) is 1. The number of aromatic carboxylic acids is 1. The van der Waals surface area contributed by atoms with Crippen LogP contribution in [0, 0.1) is 10.1 Å². The standard InChI is InChI=1S/C9H3F3N2O5S/c10-9(11,12)6-5(8(15)16)19-7(13-6)3-1-2-4(20-3)14(17)18/h1-2H,(H,15,16). The molecule has 0 saturated carbocycles. The number of hydrogen-bond acceptors (Lipinski definition) is 6. The van der Waals surface area contributed by atoms with Crippen molar-refractivity contribution < 1.29 is 32.4 Å². The van der Waals surface area contributed by atoms with Crippen LogP contribution in [0.15, 0.2) is 16.5 Å². The molecule has 0 atom stereocenters. The van der Waals surface area contributed by atoms with Crippen LogP contribution in [0.5, 0.6) is 0 Å². The van der Waals surface area contributed by atoms with Gasteiger partial charge in [-0.2, -0.15) is 13.2 Å². The largest absolute Gasteiger partial charge is 0.475 e. The summed E-state index contributed by atoms with van der Waals surface area (Å²) in [6, 6.07) is 2.18. The number of halogens is 3. The lowest BCUT2D eigenvalue weighted by molar-refractivity contribution is -0.380. The van der Waals surface area contributed by atoms with E-state index in [9.17, 15) is 28.1 Å². The molecule has 106 valence electrons. The SMILES string of the molecule is O=C(O)c1oc(-c2ccc([N+](=O)[O-])s2)nc1C(F)(F)F. The van der Waals surface area contributed by atoms with Gasteiger partial charge < -0.3 is 9.52 Å². The summed E-state index contributed by atoms with van der Waals surface area (Å²) in [7, 11) is 0. The van der Waals surface area contributed by atoms with Gasteiger partial charge >= 0.3 is 17.1 Å². The highest BCUT2D eigenvalue weighted by Gasteiger charge is 2.41. The van der Waals surface area contributed by atoms with Crippen molar-refractivity contribution in [2.75, 3.05) is 0 Å². The number of thiophene rings is 1. The molecule has 2 rings (SSSR count). The number of aromatic nitrogens is 1. The number of carboxylic acids is 1. The molecule has 0 spiro atoms. The van der Waals surface area contributed by atoms with Gasteiger partial charge in [0.2, 0.25) is 11.7 Å². The summed E-state index contributed by atoms with van der Waals surface area (Å²) in [4.78, 5) is 23.4. The minimum Gasteiger partial charge on any atom is -0.475 e. The van der Waals surface area contributed by atoms with E-state index in [1.54, 1.807) is 0 Å². The maximum absolute atomic E-state index is 12.6. The zero-order chi connectivity index (χ0) is 15.1. The third-order valence-electron chi connectivity index (χ3n) is 2.07. The fraction of sp³-hybridized carbons (Fsp3) is 0.111. The van der Waals surface area contributed by atoms with Crippen molar-refractivity contribution in [3.8, 4) is 10.8 Å². The molecule has 0 bridgehead atoms. The van der Waals surface area contributed by atoms with Gasteiger partial charge in [0.15, 0.2) is 5.69 Å². The molecule has 0 fully saturated rings. The molecule has 2 aromatic heterocycles. The number of nitro groups is 1. The monoisotopic (exact) mass is 308 g/mol. The van der Waals surface area contributed by atoms with E-state index in [1.807, 2.05) is 0 Å². The number of nitrogens with zero attached hydrogens (tertiary/aromatic N) is 2. The highest BCUT2D eigenvalue weighted by atomic mass is 32.1. The van der Waals surface area contributed by atoms with Crippen molar-refractivity contribution in [1.82, 2.24) is 4.98 Å². The summed E-state index contributed by atoms with van der Waals surface area (Å²) >= 11 is 0.523. The van der Waals surface area contributed by atoms with Gasteiger partial charge in [-0.1, -0.05) is 11.3 Å². The molecule has 20 heavy (non-hydrogen) atoms. The van der Waals surface area contributed by atoms with Crippen LogP contribution in [-0.4, -0.2) is 21.0 Å². The molecule has 7 nitrogen and oxygen atoms in total. The summed E-state index contributed by atoms with van der Waals surface area (Å²) in [5, 5.41) is 18.8. The lowest BCUT2D eigenvalue weighted by atomic mass is 10.3. The van der Waals surface area contributed by atoms with Crippen LogP contribution in [0.3, 0.4) is 0 Å². The highest BCUT2D eigenvalue weighted by molar-refractivity contribution is 7.18. The Balaban J connectivity index is 2.53. The van der Waals surface area contributed by atoms with E-state index in [0.717, 1.165) is 12.1 Å². The molecule has 11 heteroatoms. The maximum Gasteiger partial charge on any atom is 0.437 e. The Kier molecular flexibility index (Phi) is 3.21. The van der Waals surface area contributed by atoms with Gasteiger partial charge in [-0.25, -0.2) is 9.78 Å². The second-order valence-corrected chi connectivity index (χ2v) is 4.46. The molecule has 0 radical (unpaired) electrons. The van der Waals surface area contributed by atoms with Crippen LogP contribution in [0.2, 0.25) is 0 Å². The van der Waals surface area contributed by atoms with E-state index < -0.39 is 34.4 Å². The van der Waals surface area contributed by atoms with Crippen LogP contribution in [0.1, 0.15) is 16.2 Å². The first-order valence-electron chi connectivity index (χ1n) is 4.76. The van der Waals surface area contributed by atoms with Gasteiger partial charge in [-0.05, 0) is 6.07 Å². The van der Waals surface area contributed by atoms with Gasteiger partial charge in [0, 0.05) is 6.07 Å². The van der Waals surface area contributed by atoms with E-state index in [2.05, 4.69) is 9.40 Å². The summed E-state index contributed by atoms with van der Waals surface area (Å²) in [5.74, 6) is -3.92. The number of rotatable bonds is 3. The molecule has 2 heterocycles. The van der Waals surface area contributed by atoms with Crippen LogP contribution in [0.25, 0.3) is 10.8 Å². The van der Waals surface area contributed by atoms with Crippen molar-refractivity contribution in [1.29, 1.82) is 0 Å². The van der Waals surface area contributed by atoms with Crippen molar-refractivity contribution >= 4 is 22.3 Å². The molecule has 0 amide bonds. The quantitative estimate of drug-likeness (QED) is 0.690. The Morgan fingerprint density at radius 1 is 1.45 bits per heavy atom. The third-order valence-corrected chi connectivity index (χ3v) is 3.10. The number of carbonyl (C=O) groups is 1. The average Bonchev–Trinajstić information content (AvgIpc) is 2.94. The molecular formula is C9H3F3N2O5S. The van der Waals surface area contributed by atoms with E-state index in [4.69, 9.17) is 5.11 Å². The average molecular weight is 308 g/mol. The van der Waals surface area contributed by atoms with Gasteiger partial charge in [-0.3, -0.25) is 10.1 Å². The van der Waals surface area contributed by atoms with Crippen molar-refractivity contribution in [3.63, 3.8) is 0 Å². The first-order valence-corrected chi connectivity index (χ1v) is 5.57. The fourth-order valence-electron chi connectivity index (χ4n) is 1.30. The van der Waals surface area contributed by atoms with E-state index in [-0.39, 0.29) is 9.88 Å². The number of alkyl halides is 3. The molecule has 0 saturated heterocycles. The Morgan fingerprint density at radius 3 is 2.50 bits per heavy atom. The van der Waals surface area contributed by atoms with Crippen LogP contribution in [-0.2, 0) is 6.18 Å². The van der Waals surface area contributed by atoms with Crippen molar-refractivity contribution in [2.24, 2.45) is 0 Å². The lowest BCUT2D eigenvalue weighted by Gasteiger charge is -2.00. The smallest absolute Gasteiger partial charge is 0.437 e.